The van der Waals surface area contributed by atoms with E-state index in [2.05, 4.69) is 10.3 Å². The van der Waals surface area contributed by atoms with Crippen molar-refractivity contribution in [1.82, 2.24) is 10.3 Å². The first kappa shape index (κ1) is 20.2. The van der Waals surface area contributed by atoms with Crippen molar-refractivity contribution in [3.8, 4) is 11.3 Å². The minimum Gasteiger partial charge on any atom is -0.464 e. The standard InChI is InChI=1S/C24H25FN2O4/c25-20-13-15(1-6-18(20)22-19-8-12-30-21(19)7-11-26-22)23(28)27-16-2-4-17(5-3-16)31-14-24(29)9-10-24/h1,6-8,11-13,16-17,29H,2-5,9-10,14H2,(H,27,28)/t16-,17-. The molecule has 1 amide bonds. The van der Waals surface area contributed by atoms with Gasteiger partial charge in [-0.3, -0.25) is 9.78 Å². The third-order valence-corrected chi connectivity index (χ3v) is 6.29. The minimum atomic E-state index is -0.597. The van der Waals surface area contributed by atoms with Crippen LogP contribution in [-0.4, -0.2) is 40.4 Å². The Kier molecular flexibility index (Phi) is 5.24. The van der Waals surface area contributed by atoms with Crippen LogP contribution in [0.3, 0.4) is 0 Å². The van der Waals surface area contributed by atoms with Crippen LogP contribution in [0.2, 0.25) is 0 Å². The number of hydrogen-bond acceptors (Lipinski definition) is 5. The molecule has 0 atom stereocenters. The summed E-state index contributed by atoms with van der Waals surface area (Å²) >= 11 is 0. The van der Waals surface area contributed by atoms with Gasteiger partial charge >= 0.3 is 0 Å². The molecular formula is C24H25FN2O4. The predicted molar refractivity (Wildman–Crippen MR) is 113 cm³/mol. The van der Waals surface area contributed by atoms with Gasteiger partial charge in [-0.1, -0.05) is 0 Å². The molecule has 0 bridgehead atoms. The molecule has 2 heterocycles. The summed E-state index contributed by atoms with van der Waals surface area (Å²) in [6, 6.07) is 8.00. The van der Waals surface area contributed by atoms with Gasteiger partial charge in [0, 0.05) is 28.8 Å². The van der Waals surface area contributed by atoms with E-state index in [4.69, 9.17) is 9.15 Å². The Labute approximate surface area is 179 Å². The number of amides is 1. The van der Waals surface area contributed by atoms with Gasteiger partial charge in [0.15, 0.2) is 0 Å². The van der Waals surface area contributed by atoms with Gasteiger partial charge in [0.25, 0.3) is 5.91 Å². The minimum absolute atomic E-state index is 0.0421. The molecule has 6 nitrogen and oxygen atoms in total. The number of aliphatic hydroxyl groups is 1. The van der Waals surface area contributed by atoms with Gasteiger partial charge in [-0.25, -0.2) is 4.39 Å². The molecule has 0 unspecified atom stereocenters. The number of pyridine rings is 1. The molecule has 31 heavy (non-hydrogen) atoms. The van der Waals surface area contributed by atoms with E-state index in [0.717, 1.165) is 43.9 Å². The molecule has 0 spiro atoms. The number of hydrogen-bond donors (Lipinski definition) is 2. The lowest BCUT2D eigenvalue weighted by Crippen LogP contribution is -2.39. The van der Waals surface area contributed by atoms with Crippen molar-refractivity contribution in [2.24, 2.45) is 0 Å². The topological polar surface area (TPSA) is 84.6 Å². The molecule has 2 fully saturated rings. The third-order valence-electron chi connectivity index (χ3n) is 6.29. The van der Waals surface area contributed by atoms with Gasteiger partial charge in [-0.15, -0.1) is 0 Å². The maximum Gasteiger partial charge on any atom is 0.251 e. The number of rotatable bonds is 6. The zero-order chi connectivity index (χ0) is 21.4. The summed E-state index contributed by atoms with van der Waals surface area (Å²) in [6.07, 6.45) is 8.19. The molecule has 2 aliphatic carbocycles. The number of halogens is 1. The van der Waals surface area contributed by atoms with Crippen molar-refractivity contribution >= 4 is 16.9 Å². The van der Waals surface area contributed by atoms with Crippen molar-refractivity contribution in [3.63, 3.8) is 0 Å². The Morgan fingerprint density at radius 1 is 1.23 bits per heavy atom. The summed E-state index contributed by atoms with van der Waals surface area (Å²) in [6.45, 7) is 0.404. The van der Waals surface area contributed by atoms with Crippen LogP contribution in [0.25, 0.3) is 22.2 Å². The maximum absolute atomic E-state index is 14.9. The first-order chi connectivity index (χ1) is 15.0. The molecule has 1 aromatic carbocycles. The van der Waals surface area contributed by atoms with Gasteiger partial charge < -0.3 is 19.6 Å². The van der Waals surface area contributed by atoms with Gasteiger partial charge in [-0.2, -0.15) is 0 Å². The number of benzene rings is 1. The first-order valence-electron chi connectivity index (χ1n) is 10.8. The Morgan fingerprint density at radius 2 is 2.03 bits per heavy atom. The van der Waals surface area contributed by atoms with E-state index >= 15 is 0 Å². The number of nitrogens with one attached hydrogen (secondary N) is 1. The van der Waals surface area contributed by atoms with Crippen molar-refractivity contribution in [1.29, 1.82) is 0 Å². The summed E-state index contributed by atoms with van der Waals surface area (Å²) in [7, 11) is 0. The van der Waals surface area contributed by atoms with E-state index in [1.54, 1.807) is 36.7 Å². The fraction of sp³-hybridized carbons (Fsp3) is 0.417. The van der Waals surface area contributed by atoms with E-state index in [1.807, 2.05) is 0 Å². The van der Waals surface area contributed by atoms with Gasteiger partial charge in [0.1, 0.15) is 11.4 Å². The smallest absolute Gasteiger partial charge is 0.251 e. The van der Waals surface area contributed by atoms with Crippen molar-refractivity contribution < 1.29 is 23.4 Å². The van der Waals surface area contributed by atoms with Gasteiger partial charge in [0.05, 0.1) is 30.3 Å². The SMILES string of the molecule is O=C(N[C@H]1CC[C@H](OCC2(O)CC2)CC1)c1ccc(-c2nccc3occc23)c(F)c1. The van der Waals surface area contributed by atoms with Crippen molar-refractivity contribution in [2.75, 3.05) is 6.61 Å². The van der Waals surface area contributed by atoms with Crippen LogP contribution in [0.1, 0.15) is 48.9 Å². The Hall–Kier alpha value is -2.77. The summed E-state index contributed by atoms with van der Waals surface area (Å²) in [5.74, 6) is -0.777. The Balaban J connectivity index is 1.20. The van der Waals surface area contributed by atoms with E-state index < -0.39 is 11.4 Å². The molecular weight excluding hydrogens is 399 g/mol. The highest BCUT2D eigenvalue weighted by molar-refractivity contribution is 5.96. The molecule has 3 aromatic rings. The van der Waals surface area contributed by atoms with Gasteiger partial charge in [-0.05, 0) is 68.9 Å². The lowest BCUT2D eigenvalue weighted by molar-refractivity contribution is -0.0368. The number of fused-ring (bicyclic) bond motifs is 1. The van der Waals surface area contributed by atoms with E-state index in [1.165, 1.54) is 6.07 Å². The quantitative estimate of drug-likeness (QED) is 0.619. The second-order valence-corrected chi connectivity index (χ2v) is 8.67. The van der Waals surface area contributed by atoms with Crippen LogP contribution >= 0.6 is 0 Å². The fourth-order valence-corrected chi connectivity index (χ4v) is 4.16. The number of furan rings is 1. The molecule has 0 aliphatic heterocycles. The first-order valence-corrected chi connectivity index (χ1v) is 10.8. The molecule has 2 saturated carbocycles. The lowest BCUT2D eigenvalue weighted by atomic mass is 9.92. The van der Waals surface area contributed by atoms with E-state index in [-0.39, 0.29) is 23.6 Å². The number of carbonyl (C=O) groups excluding carboxylic acids is 1. The second kappa shape index (κ2) is 8.05. The monoisotopic (exact) mass is 424 g/mol. The van der Waals surface area contributed by atoms with Gasteiger partial charge in [0.2, 0.25) is 0 Å². The highest BCUT2D eigenvalue weighted by Gasteiger charge is 2.41. The number of aromatic nitrogens is 1. The summed E-state index contributed by atoms with van der Waals surface area (Å²) < 4.78 is 26.0. The average molecular weight is 424 g/mol. The molecule has 2 aromatic heterocycles. The highest BCUT2D eigenvalue weighted by atomic mass is 19.1. The zero-order valence-corrected chi connectivity index (χ0v) is 17.1. The average Bonchev–Trinajstić information content (AvgIpc) is 3.31. The van der Waals surface area contributed by atoms with Crippen LogP contribution < -0.4 is 5.32 Å². The molecule has 162 valence electrons. The fourth-order valence-electron chi connectivity index (χ4n) is 4.16. The zero-order valence-electron chi connectivity index (χ0n) is 17.1. The van der Waals surface area contributed by atoms with Crippen molar-refractivity contribution in [2.45, 2.75) is 56.3 Å². The molecule has 5 rings (SSSR count). The number of ether oxygens (including phenoxy) is 1. The van der Waals surface area contributed by atoms with Crippen LogP contribution in [0.15, 0.2) is 47.2 Å². The largest absolute Gasteiger partial charge is 0.464 e. The van der Waals surface area contributed by atoms with E-state index in [0.29, 0.717) is 23.4 Å². The van der Waals surface area contributed by atoms with Crippen LogP contribution in [0.4, 0.5) is 4.39 Å². The molecule has 2 aliphatic rings. The lowest BCUT2D eigenvalue weighted by Gasteiger charge is -2.29. The molecule has 7 heteroatoms. The van der Waals surface area contributed by atoms with Crippen molar-refractivity contribution in [3.05, 3.63) is 54.2 Å². The predicted octanol–water partition coefficient (Wildman–Crippen LogP) is 4.22. The Bertz CT molecular complexity index is 1100. The summed E-state index contributed by atoms with van der Waals surface area (Å²) in [5, 5.41) is 13.6. The molecule has 2 N–H and O–H groups in total. The maximum atomic E-state index is 14.9. The number of nitrogens with zero attached hydrogens (tertiary/aromatic N) is 1. The molecule has 0 saturated heterocycles. The summed E-state index contributed by atoms with van der Waals surface area (Å²) in [4.78, 5) is 16.9. The van der Waals surface area contributed by atoms with Crippen LogP contribution in [-0.2, 0) is 4.74 Å². The molecule has 0 radical (unpaired) electrons. The number of carbonyl (C=O) groups is 1. The third kappa shape index (κ3) is 4.34. The van der Waals surface area contributed by atoms with E-state index in [9.17, 15) is 14.3 Å². The van der Waals surface area contributed by atoms with Crippen LogP contribution in [0.5, 0.6) is 0 Å². The highest BCUT2D eigenvalue weighted by Crippen LogP contribution is 2.36. The van der Waals surface area contributed by atoms with Crippen LogP contribution in [0, 0.1) is 5.82 Å². The second-order valence-electron chi connectivity index (χ2n) is 8.67. The summed E-state index contributed by atoms with van der Waals surface area (Å²) in [5.41, 5.74) is 1.15. The Morgan fingerprint density at radius 3 is 2.77 bits per heavy atom. The normalized spacial score (nSPS) is 22.4.